The van der Waals surface area contributed by atoms with Crippen LogP contribution in [0.2, 0.25) is 0 Å². The van der Waals surface area contributed by atoms with Crippen LogP contribution in [0, 0.1) is 5.82 Å². The third-order valence-electron chi connectivity index (χ3n) is 2.55. The standard InChI is InChI=1S/C11H14FNO2.ClH/c1-14-10-3-2-7(12)4-11(10)15-9-5-8(13)6-9;/h2-4,8-9H,5-6,13H2,1H3;1H. The smallest absolute Gasteiger partial charge is 0.164 e. The molecule has 0 saturated heterocycles. The van der Waals surface area contributed by atoms with Gasteiger partial charge >= 0.3 is 0 Å². The Morgan fingerprint density at radius 1 is 1.31 bits per heavy atom. The Labute approximate surface area is 100 Å². The van der Waals surface area contributed by atoms with E-state index in [-0.39, 0.29) is 30.4 Å². The molecule has 1 saturated carbocycles. The van der Waals surface area contributed by atoms with Crippen molar-refractivity contribution in [2.75, 3.05) is 7.11 Å². The summed E-state index contributed by atoms with van der Waals surface area (Å²) in [6.45, 7) is 0. The summed E-state index contributed by atoms with van der Waals surface area (Å²) < 4.78 is 23.6. The van der Waals surface area contributed by atoms with Crippen LogP contribution in [0.3, 0.4) is 0 Å². The molecule has 1 aromatic carbocycles. The van der Waals surface area contributed by atoms with E-state index in [0.29, 0.717) is 11.5 Å². The molecular formula is C11H15ClFNO2. The van der Waals surface area contributed by atoms with E-state index in [1.807, 2.05) is 0 Å². The molecule has 2 rings (SSSR count). The van der Waals surface area contributed by atoms with Crippen LogP contribution in [0.25, 0.3) is 0 Å². The topological polar surface area (TPSA) is 44.5 Å². The first kappa shape index (κ1) is 13.1. The number of ether oxygens (including phenoxy) is 2. The van der Waals surface area contributed by atoms with Crippen LogP contribution in [0.1, 0.15) is 12.8 Å². The van der Waals surface area contributed by atoms with E-state index in [1.165, 1.54) is 19.2 Å². The van der Waals surface area contributed by atoms with Gasteiger partial charge in [0.05, 0.1) is 7.11 Å². The molecule has 0 amide bonds. The number of nitrogens with two attached hydrogens (primary N) is 1. The quantitative estimate of drug-likeness (QED) is 0.890. The molecule has 0 spiro atoms. The van der Waals surface area contributed by atoms with E-state index in [4.69, 9.17) is 15.2 Å². The molecule has 90 valence electrons. The molecule has 0 radical (unpaired) electrons. The first-order chi connectivity index (χ1) is 7.19. The van der Waals surface area contributed by atoms with Crippen molar-refractivity contribution in [2.24, 2.45) is 5.73 Å². The molecule has 1 aliphatic carbocycles. The summed E-state index contributed by atoms with van der Waals surface area (Å²) in [7, 11) is 1.53. The van der Waals surface area contributed by atoms with E-state index >= 15 is 0 Å². The van der Waals surface area contributed by atoms with Crippen molar-refractivity contribution >= 4 is 12.4 Å². The van der Waals surface area contributed by atoms with Gasteiger partial charge in [-0.25, -0.2) is 4.39 Å². The molecule has 5 heteroatoms. The molecule has 1 fully saturated rings. The van der Waals surface area contributed by atoms with Gasteiger partial charge in [-0.15, -0.1) is 12.4 Å². The van der Waals surface area contributed by atoms with Gasteiger partial charge in [0, 0.05) is 12.1 Å². The predicted molar refractivity (Wildman–Crippen MR) is 61.8 cm³/mol. The Morgan fingerprint density at radius 2 is 2.00 bits per heavy atom. The average Bonchev–Trinajstić information content (AvgIpc) is 2.16. The first-order valence-electron chi connectivity index (χ1n) is 4.95. The maximum atomic E-state index is 13.0. The largest absolute Gasteiger partial charge is 0.493 e. The minimum absolute atomic E-state index is 0. The Kier molecular flexibility index (Phi) is 4.38. The SMILES string of the molecule is COc1ccc(F)cc1OC1CC(N)C1.Cl. The zero-order valence-corrected chi connectivity index (χ0v) is 9.80. The number of hydrogen-bond acceptors (Lipinski definition) is 3. The number of rotatable bonds is 3. The number of hydrogen-bond donors (Lipinski definition) is 1. The highest BCUT2D eigenvalue weighted by Crippen LogP contribution is 2.32. The highest BCUT2D eigenvalue weighted by atomic mass is 35.5. The van der Waals surface area contributed by atoms with E-state index in [9.17, 15) is 4.39 Å². The van der Waals surface area contributed by atoms with Crippen LogP contribution in [0.4, 0.5) is 4.39 Å². The first-order valence-corrected chi connectivity index (χ1v) is 4.95. The van der Waals surface area contributed by atoms with Crippen LogP contribution in [0.5, 0.6) is 11.5 Å². The van der Waals surface area contributed by atoms with E-state index < -0.39 is 0 Å². The molecule has 1 aliphatic rings. The summed E-state index contributed by atoms with van der Waals surface area (Å²) in [5.74, 6) is 0.681. The Morgan fingerprint density at radius 3 is 2.56 bits per heavy atom. The van der Waals surface area contributed by atoms with Crippen LogP contribution < -0.4 is 15.2 Å². The van der Waals surface area contributed by atoms with E-state index in [2.05, 4.69) is 0 Å². The lowest BCUT2D eigenvalue weighted by Gasteiger charge is -2.32. The lowest BCUT2D eigenvalue weighted by molar-refractivity contribution is 0.0969. The van der Waals surface area contributed by atoms with Gasteiger partial charge in [0.2, 0.25) is 0 Å². The van der Waals surface area contributed by atoms with Gasteiger partial charge in [-0.05, 0) is 25.0 Å². The second-order valence-corrected chi connectivity index (χ2v) is 3.77. The molecule has 0 aliphatic heterocycles. The van der Waals surface area contributed by atoms with Gasteiger partial charge in [-0.2, -0.15) is 0 Å². The number of methoxy groups -OCH3 is 1. The maximum absolute atomic E-state index is 13.0. The molecule has 0 aromatic heterocycles. The second-order valence-electron chi connectivity index (χ2n) is 3.77. The van der Waals surface area contributed by atoms with E-state index in [1.54, 1.807) is 6.07 Å². The lowest BCUT2D eigenvalue weighted by atomic mass is 9.90. The third-order valence-corrected chi connectivity index (χ3v) is 2.55. The summed E-state index contributed by atoms with van der Waals surface area (Å²) in [6, 6.07) is 4.46. The van der Waals surface area contributed by atoms with Crippen molar-refractivity contribution in [3.05, 3.63) is 24.0 Å². The summed E-state index contributed by atoms with van der Waals surface area (Å²) >= 11 is 0. The van der Waals surface area contributed by atoms with Crippen LogP contribution in [-0.4, -0.2) is 19.3 Å². The highest BCUT2D eigenvalue weighted by molar-refractivity contribution is 5.85. The van der Waals surface area contributed by atoms with Crippen molar-refractivity contribution in [1.29, 1.82) is 0 Å². The van der Waals surface area contributed by atoms with Crippen LogP contribution in [0.15, 0.2) is 18.2 Å². The Bertz CT molecular complexity index is 356. The summed E-state index contributed by atoms with van der Waals surface area (Å²) in [4.78, 5) is 0. The molecule has 0 unspecified atom stereocenters. The Hall–Kier alpha value is -1.00. The van der Waals surface area contributed by atoms with Crippen LogP contribution in [-0.2, 0) is 0 Å². The van der Waals surface area contributed by atoms with Crippen molar-refractivity contribution in [1.82, 2.24) is 0 Å². The lowest BCUT2D eigenvalue weighted by Crippen LogP contribution is -2.43. The van der Waals surface area contributed by atoms with Crippen molar-refractivity contribution in [2.45, 2.75) is 25.0 Å². The van der Waals surface area contributed by atoms with Gasteiger partial charge in [-0.3, -0.25) is 0 Å². The fraction of sp³-hybridized carbons (Fsp3) is 0.455. The summed E-state index contributed by atoms with van der Waals surface area (Å²) in [5.41, 5.74) is 5.64. The fourth-order valence-corrected chi connectivity index (χ4v) is 1.62. The molecule has 0 atom stereocenters. The van der Waals surface area contributed by atoms with E-state index in [0.717, 1.165) is 12.8 Å². The van der Waals surface area contributed by atoms with Crippen molar-refractivity contribution in [3.8, 4) is 11.5 Å². The second kappa shape index (κ2) is 5.37. The van der Waals surface area contributed by atoms with Gasteiger partial charge < -0.3 is 15.2 Å². The normalized spacial score (nSPS) is 22.9. The molecular weight excluding hydrogens is 233 g/mol. The van der Waals surface area contributed by atoms with Gasteiger partial charge in [0.15, 0.2) is 11.5 Å². The predicted octanol–water partition coefficient (Wildman–Crippen LogP) is 2.12. The summed E-state index contributed by atoms with van der Waals surface area (Å²) in [6.07, 6.45) is 1.73. The third kappa shape index (κ3) is 2.77. The molecule has 1 aromatic rings. The molecule has 2 N–H and O–H groups in total. The monoisotopic (exact) mass is 247 g/mol. The summed E-state index contributed by atoms with van der Waals surface area (Å²) in [5, 5.41) is 0. The molecule has 0 heterocycles. The maximum Gasteiger partial charge on any atom is 0.164 e. The minimum atomic E-state index is -0.325. The van der Waals surface area contributed by atoms with Crippen LogP contribution >= 0.6 is 12.4 Å². The van der Waals surface area contributed by atoms with Gasteiger partial charge in [-0.1, -0.05) is 0 Å². The highest BCUT2D eigenvalue weighted by Gasteiger charge is 2.28. The molecule has 16 heavy (non-hydrogen) atoms. The number of benzene rings is 1. The zero-order valence-electron chi connectivity index (χ0n) is 8.98. The van der Waals surface area contributed by atoms with Crippen molar-refractivity contribution in [3.63, 3.8) is 0 Å². The average molecular weight is 248 g/mol. The molecule has 0 bridgehead atoms. The zero-order chi connectivity index (χ0) is 10.8. The van der Waals surface area contributed by atoms with Gasteiger partial charge in [0.25, 0.3) is 0 Å². The van der Waals surface area contributed by atoms with Crippen molar-refractivity contribution < 1.29 is 13.9 Å². The Balaban J connectivity index is 0.00000128. The number of halogens is 2. The molecule has 3 nitrogen and oxygen atoms in total. The van der Waals surface area contributed by atoms with Gasteiger partial charge in [0.1, 0.15) is 11.9 Å². The fourth-order valence-electron chi connectivity index (χ4n) is 1.62. The minimum Gasteiger partial charge on any atom is -0.493 e.